The van der Waals surface area contributed by atoms with Crippen LogP contribution in [0.5, 0.6) is 0 Å². The number of thioether (sulfide) groups is 1. The van der Waals surface area contributed by atoms with Crippen molar-refractivity contribution in [2.75, 3.05) is 6.54 Å². The van der Waals surface area contributed by atoms with E-state index in [9.17, 15) is 13.6 Å². The molecule has 1 aliphatic rings. The van der Waals surface area contributed by atoms with Crippen molar-refractivity contribution in [2.24, 2.45) is 0 Å². The zero-order valence-electron chi connectivity index (χ0n) is 13.4. The van der Waals surface area contributed by atoms with Crippen LogP contribution in [0.1, 0.15) is 17.4 Å². The second-order valence-corrected chi connectivity index (χ2v) is 8.29. The average Bonchev–Trinajstić information content (AvgIpc) is 3.20. The van der Waals surface area contributed by atoms with Crippen molar-refractivity contribution in [1.29, 1.82) is 0 Å². The van der Waals surface area contributed by atoms with Gasteiger partial charge in [-0.25, -0.2) is 13.8 Å². The first-order valence-electron chi connectivity index (χ1n) is 7.86. The molecule has 3 heterocycles. The van der Waals surface area contributed by atoms with Crippen LogP contribution in [-0.2, 0) is 17.8 Å². The molecular formula is C17H15F2N3OS2. The van der Waals surface area contributed by atoms with Crippen LogP contribution in [0, 0.1) is 11.6 Å². The molecule has 1 amide bonds. The van der Waals surface area contributed by atoms with Gasteiger partial charge < -0.3 is 9.88 Å². The molecule has 0 fully saturated rings. The monoisotopic (exact) mass is 379 g/mol. The lowest BCUT2D eigenvalue weighted by molar-refractivity contribution is -0.131. The van der Waals surface area contributed by atoms with E-state index in [0.717, 1.165) is 18.6 Å². The lowest BCUT2D eigenvalue weighted by atomic mass is 10.1. The largest absolute Gasteiger partial charge is 0.337 e. The smallest absolute Gasteiger partial charge is 0.236 e. The molecule has 0 saturated heterocycles. The number of H-pyrrole nitrogens is 1. The van der Waals surface area contributed by atoms with Crippen molar-refractivity contribution in [1.82, 2.24) is 14.9 Å². The number of amides is 1. The Bertz CT molecular complexity index is 914. The maximum absolute atomic E-state index is 13.3. The number of aromatic amines is 1. The lowest BCUT2D eigenvalue weighted by Gasteiger charge is -2.29. The van der Waals surface area contributed by atoms with Crippen molar-refractivity contribution in [3.63, 3.8) is 0 Å². The fourth-order valence-corrected chi connectivity index (χ4v) is 4.74. The molecule has 8 heteroatoms. The first kappa shape index (κ1) is 16.5. The van der Waals surface area contributed by atoms with Gasteiger partial charge in [-0.05, 0) is 30.4 Å². The number of nitrogens with one attached hydrogen (secondary N) is 1. The van der Waals surface area contributed by atoms with Gasteiger partial charge >= 0.3 is 0 Å². The highest BCUT2D eigenvalue weighted by Gasteiger charge is 2.26. The van der Waals surface area contributed by atoms with Crippen LogP contribution in [0.4, 0.5) is 8.78 Å². The number of carbonyl (C=O) groups excluding carboxylic acids is 1. The highest BCUT2D eigenvalue weighted by atomic mass is 32.2. The first-order valence-corrected chi connectivity index (χ1v) is 9.62. The number of imidazole rings is 1. The molecule has 1 aliphatic heterocycles. The molecule has 0 bridgehead atoms. The number of carbonyl (C=O) groups is 1. The summed E-state index contributed by atoms with van der Waals surface area (Å²) < 4.78 is 26.6. The number of nitrogens with zero attached hydrogens (tertiary/aromatic N) is 2. The van der Waals surface area contributed by atoms with Gasteiger partial charge in [0.05, 0.1) is 16.3 Å². The number of rotatable bonds is 3. The summed E-state index contributed by atoms with van der Waals surface area (Å²) in [6.45, 7) is 3.18. The fourth-order valence-electron chi connectivity index (χ4n) is 2.95. The van der Waals surface area contributed by atoms with E-state index in [0.29, 0.717) is 29.3 Å². The molecule has 0 spiro atoms. The summed E-state index contributed by atoms with van der Waals surface area (Å²) in [5, 5.41) is 2.20. The van der Waals surface area contributed by atoms with Gasteiger partial charge in [0.1, 0.15) is 0 Å². The van der Waals surface area contributed by atoms with Gasteiger partial charge in [-0.15, -0.1) is 11.3 Å². The molecule has 1 aromatic carbocycles. The number of benzene rings is 1. The fraction of sp³-hybridized carbons (Fsp3) is 0.294. The summed E-state index contributed by atoms with van der Waals surface area (Å²) in [7, 11) is 0. The van der Waals surface area contributed by atoms with Crippen molar-refractivity contribution < 1.29 is 13.6 Å². The summed E-state index contributed by atoms with van der Waals surface area (Å²) >= 11 is 3.00. The summed E-state index contributed by atoms with van der Waals surface area (Å²) in [6, 6.07) is 4.21. The maximum atomic E-state index is 13.3. The molecule has 4 nitrogen and oxygen atoms in total. The van der Waals surface area contributed by atoms with Crippen LogP contribution in [0.15, 0.2) is 28.7 Å². The number of aromatic nitrogens is 2. The Kier molecular flexibility index (Phi) is 4.24. The van der Waals surface area contributed by atoms with E-state index in [1.807, 2.05) is 11.8 Å². The molecule has 1 atom stereocenters. The highest BCUT2D eigenvalue weighted by molar-refractivity contribution is 8.00. The van der Waals surface area contributed by atoms with Crippen LogP contribution < -0.4 is 0 Å². The Labute approximate surface area is 151 Å². The third-order valence-corrected chi connectivity index (χ3v) is 6.25. The van der Waals surface area contributed by atoms with E-state index < -0.39 is 11.6 Å². The van der Waals surface area contributed by atoms with E-state index in [4.69, 9.17) is 0 Å². The normalized spacial score (nSPS) is 15.4. The van der Waals surface area contributed by atoms with Gasteiger partial charge in [0, 0.05) is 30.1 Å². The quantitative estimate of drug-likeness (QED) is 0.701. The van der Waals surface area contributed by atoms with Crippen LogP contribution >= 0.6 is 23.1 Å². The third-order valence-electron chi connectivity index (χ3n) is 4.26. The molecule has 130 valence electrons. The molecule has 0 radical (unpaired) electrons. The SMILES string of the molecule is CC(Sc1nc2cc(F)c(F)cc2[nH]1)C(=O)N1CCc2sccc2C1. The number of hydrogen-bond donors (Lipinski definition) is 1. The Morgan fingerprint density at radius 1 is 1.40 bits per heavy atom. The minimum absolute atomic E-state index is 0.0414. The van der Waals surface area contributed by atoms with Gasteiger partial charge in [-0.1, -0.05) is 11.8 Å². The summed E-state index contributed by atoms with van der Waals surface area (Å²) in [5.74, 6) is -1.81. The molecule has 3 aromatic rings. The molecule has 25 heavy (non-hydrogen) atoms. The summed E-state index contributed by atoms with van der Waals surface area (Å²) in [4.78, 5) is 23.1. The van der Waals surface area contributed by atoms with Crippen molar-refractivity contribution in [3.05, 3.63) is 45.7 Å². The van der Waals surface area contributed by atoms with Crippen molar-refractivity contribution in [3.8, 4) is 0 Å². The summed E-state index contributed by atoms with van der Waals surface area (Å²) in [5.41, 5.74) is 1.99. The minimum atomic E-state index is -0.931. The highest BCUT2D eigenvalue weighted by Crippen LogP contribution is 2.29. The molecule has 4 rings (SSSR count). The van der Waals surface area contributed by atoms with Crippen LogP contribution in [0.3, 0.4) is 0 Å². The van der Waals surface area contributed by atoms with Gasteiger partial charge in [0.15, 0.2) is 16.8 Å². The van der Waals surface area contributed by atoms with Gasteiger partial charge in [-0.3, -0.25) is 4.79 Å². The predicted molar refractivity (Wildman–Crippen MR) is 94.8 cm³/mol. The molecule has 2 aromatic heterocycles. The van der Waals surface area contributed by atoms with Crippen molar-refractivity contribution >= 4 is 40.0 Å². The Balaban J connectivity index is 1.48. The first-order chi connectivity index (χ1) is 12.0. The Morgan fingerprint density at radius 2 is 2.20 bits per heavy atom. The average molecular weight is 379 g/mol. The number of halogens is 2. The number of fused-ring (bicyclic) bond motifs is 2. The Hall–Kier alpha value is -1.93. The standard InChI is InChI=1S/C17H15F2N3OS2/c1-9(16(23)22-4-2-15-10(8-22)3-5-24-15)25-17-20-13-6-11(18)12(19)7-14(13)21-17/h3,5-7,9H,2,4,8H2,1H3,(H,20,21). The maximum Gasteiger partial charge on any atom is 0.236 e. The van der Waals surface area contributed by atoms with Gasteiger partial charge in [-0.2, -0.15) is 0 Å². The minimum Gasteiger partial charge on any atom is -0.337 e. The van der Waals surface area contributed by atoms with Gasteiger partial charge in [0.25, 0.3) is 0 Å². The summed E-state index contributed by atoms with van der Waals surface area (Å²) in [6.07, 6.45) is 0.888. The molecule has 0 aliphatic carbocycles. The van der Waals surface area contributed by atoms with Crippen LogP contribution in [-0.4, -0.2) is 32.6 Å². The zero-order chi connectivity index (χ0) is 17.6. The van der Waals surface area contributed by atoms with Crippen molar-refractivity contribution in [2.45, 2.75) is 30.3 Å². The van der Waals surface area contributed by atoms with E-state index >= 15 is 0 Å². The molecule has 1 unspecified atom stereocenters. The zero-order valence-corrected chi connectivity index (χ0v) is 15.0. The van der Waals surface area contributed by atoms with Gasteiger partial charge in [0.2, 0.25) is 5.91 Å². The van der Waals surface area contributed by atoms with E-state index in [1.165, 1.54) is 22.2 Å². The lowest BCUT2D eigenvalue weighted by Crippen LogP contribution is -2.39. The van der Waals surface area contributed by atoms with Crippen LogP contribution in [0.2, 0.25) is 0 Å². The molecule has 0 saturated carbocycles. The van der Waals surface area contributed by atoms with Crippen LogP contribution in [0.25, 0.3) is 11.0 Å². The van der Waals surface area contributed by atoms with E-state index in [2.05, 4.69) is 21.4 Å². The van der Waals surface area contributed by atoms with E-state index in [1.54, 1.807) is 11.3 Å². The number of hydrogen-bond acceptors (Lipinski definition) is 4. The third kappa shape index (κ3) is 3.16. The second kappa shape index (κ2) is 6.42. The Morgan fingerprint density at radius 3 is 3.04 bits per heavy atom. The predicted octanol–water partition coefficient (Wildman–Crippen LogP) is 3.97. The molecular weight excluding hydrogens is 364 g/mol. The van der Waals surface area contributed by atoms with E-state index in [-0.39, 0.29) is 11.2 Å². The topological polar surface area (TPSA) is 49.0 Å². The number of thiophene rings is 1. The second-order valence-electron chi connectivity index (χ2n) is 5.96. The molecule has 1 N–H and O–H groups in total.